The number of hydrogen-bond acceptors (Lipinski definition) is 4. The van der Waals surface area contributed by atoms with Gasteiger partial charge in [0.25, 0.3) is 0 Å². The van der Waals surface area contributed by atoms with Gasteiger partial charge in [-0.25, -0.2) is 9.97 Å². The summed E-state index contributed by atoms with van der Waals surface area (Å²) in [5, 5.41) is 2.71. The van der Waals surface area contributed by atoms with E-state index in [4.69, 9.17) is 5.73 Å². The lowest BCUT2D eigenvalue weighted by Gasteiger charge is -2.17. The van der Waals surface area contributed by atoms with Crippen molar-refractivity contribution in [1.82, 2.24) is 9.97 Å². The SMILES string of the molecule is CC(C)[C@H](N)C(=O)Nc1cnc(C(C)(C)C)nc1.Cl. The lowest BCUT2D eigenvalue weighted by atomic mass is 9.96. The predicted molar refractivity (Wildman–Crippen MR) is 79.4 cm³/mol. The zero-order chi connectivity index (χ0) is 13.9. The predicted octanol–water partition coefficient (Wildman–Crippen LogP) is 2.12. The Hall–Kier alpha value is -1.20. The molecular formula is C13H23ClN4O. The molecule has 0 aliphatic heterocycles. The quantitative estimate of drug-likeness (QED) is 0.892. The molecule has 0 radical (unpaired) electrons. The number of nitrogens with one attached hydrogen (secondary N) is 1. The summed E-state index contributed by atoms with van der Waals surface area (Å²) in [5.74, 6) is 0.630. The summed E-state index contributed by atoms with van der Waals surface area (Å²) < 4.78 is 0. The minimum atomic E-state index is -0.521. The largest absolute Gasteiger partial charge is 0.322 e. The van der Waals surface area contributed by atoms with Crippen molar-refractivity contribution in [3.8, 4) is 0 Å². The van der Waals surface area contributed by atoms with Crippen LogP contribution in [-0.2, 0) is 10.2 Å². The summed E-state index contributed by atoms with van der Waals surface area (Å²) in [6, 6.07) is -0.521. The molecule has 0 spiro atoms. The molecule has 0 bridgehead atoms. The van der Waals surface area contributed by atoms with Crippen LogP contribution in [0.5, 0.6) is 0 Å². The average Bonchev–Trinajstić information content (AvgIpc) is 2.27. The number of aromatic nitrogens is 2. The van der Waals surface area contributed by atoms with Crippen molar-refractivity contribution < 1.29 is 4.79 Å². The van der Waals surface area contributed by atoms with Gasteiger partial charge < -0.3 is 11.1 Å². The second-order valence-corrected chi connectivity index (χ2v) is 5.80. The number of carbonyl (C=O) groups excluding carboxylic acids is 1. The first kappa shape index (κ1) is 17.8. The highest BCUT2D eigenvalue weighted by molar-refractivity contribution is 5.94. The fraction of sp³-hybridized carbons (Fsp3) is 0.615. The first-order chi connectivity index (χ1) is 8.21. The highest BCUT2D eigenvalue weighted by Gasteiger charge is 2.19. The summed E-state index contributed by atoms with van der Waals surface area (Å²) in [6.45, 7) is 9.92. The van der Waals surface area contributed by atoms with Gasteiger partial charge in [-0.1, -0.05) is 34.6 Å². The van der Waals surface area contributed by atoms with Crippen molar-refractivity contribution in [2.24, 2.45) is 11.7 Å². The number of anilines is 1. The second kappa shape index (κ2) is 6.82. The average molecular weight is 287 g/mol. The summed E-state index contributed by atoms with van der Waals surface area (Å²) in [7, 11) is 0. The third-order valence-corrected chi connectivity index (χ3v) is 2.61. The van der Waals surface area contributed by atoms with E-state index in [1.165, 1.54) is 0 Å². The van der Waals surface area contributed by atoms with Crippen LogP contribution >= 0.6 is 12.4 Å². The molecule has 0 saturated heterocycles. The number of nitrogens with two attached hydrogens (primary N) is 1. The van der Waals surface area contributed by atoms with E-state index < -0.39 is 6.04 Å². The van der Waals surface area contributed by atoms with Crippen molar-refractivity contribution in [2.45, 2.75) is 46.1 Å². The number of hydrogen-bond donors (Lipinski definition) is 2. The van der Waals surface area contributed by atoms with Crippen LogP contribution in [0.3, 0.4) is 0 Å². The number of nitrogens with zero attached hydrogens (tertiary/aromatic N) is 2. The third kappa shape index (κ3) is 5.12. The Balaban J connectivity index is 0.00000324. The maximum Gasteiger partial charge on any atom is 0.241 e. The zero-order valence-corrected chi connectivity index (χ0v) is 12.9. The van der Waals surface area contributed by atoms with E-state index in [0.29, 0.717) is 5.69 Å². The van der Waals surface area contributed by atoms with Crippen LogP contribution < -0.4 is 11.1 Å². The number of rotatable bonds is 3. The van der Waals surface area contributed by atoms with Gasteiger partial charge in [0.2, 0.25) is 5.91 Å². The molecule has 0 unspecified atom stereocenters. The Labute approximate surface area is 120 Å². The summed E-state index contributed by atoms with van der Waals surface area (Å²) >= 11 is 0. The van der Waals surface area contributed by atoms with E-state index in [0.717, 1.165) is 5.82 Å². The van der Waals surface area contributed by atoms with Crippen molar-refractivity contribution >= 4 is 24.0 Å². The van der Waals surface area contributed by atoms with Gasteiger partial charge in [0, 0.05) is 5.41 Å². The van der Waals surface area contributed by atoms with Crippen LogP contribution in [0.1, 0.15) is 40.4 Å². The fourth-order valence-corrected chi connectivity index (χ4v) is 1.31. The minimum absolute atomic E-state index is 0. The molecule has 0 aromatic carbocycles. The number of amides is 1. The van der Waals surface area contributed by atoms with Crippen LogP contribution in [0, 0.1) is 5.92 Å². The fourth-order valence-electron chi connectivity index (χ4n) is 1.31. The van der Waals surface area contributed by atoms with E-state index in [1.807, 2.05) is 34.6 Å². The molecule has 108 valence electrons. The molecule has 1 aromatic rings. The molecule has 0 aliphatic carbocycles. The normalized spacial score (nSPS) is 12.8. The second-order valence-electron chi connectivity index (χ2n) is 5.80. The zero-order valence-electron chi connectivity index (χ0n) is 12.1. The van der Waals surface area contributed by atoms with E-state index in [1.54, 1.807) is 12.4 Å². The van der Waals surface area contributed by atoms with Crippen molar-refractivity contribution in [2.75, 3.05) is 5.32 Å². The molecule has 1 amide bonds. The van der Waals surface area contributed by atoms with Crippen LogP contribution in [0.15, 0.2) is 12.4 Å². The van der Waals surface area contributed by atoms with Gasteiger partial charge in [0.05, 0.1) is 24.1 Å². The Morgan fingerprint density at radius 2 is 1.74 bits per heavy atom. The first-order valence-corrected chi connectivity index (χ1v) is 6.11. The van der Waals surface area contributed by atoms with E-state index in [-0.39, 0.29) is 29.6 Å². The lowest BCUT2D eigenvalue weighted by molar-refractivity contribution is -0.118. The van der Waals surface area contributed by atoms with E-state index >= 15 is 0 Å². The summed E-state index contributed by atoms with van der Waals surface area (Å²) in [4.78, 5) is 20.2. The summed E-state index contributed by atoms with van der Waals surface area (Å²) in [6.07, 6.45) is 3.22. The van der Waals surface area contributed by atoms with Gasteiger partial charge in [-0.2, -0.15) is 0 Å². The van der Waals surface area contributed by atoms with Gasteiger partial charge in [0.15, 0.2) is 0 Å². The van der Waals surface area contributed by atoms with Gasteiger partial charge in [-0.05, 0) is 5.92 Å². The van der Waals surface area contributed by atoms with Gasteiger partial charge >= 0.3 is 0 Å². The Kier molecular flexibility index (Phi) is 6.39. The van der Waals surface area contributed by atoms with E-state index in [9.17, 15) is 4.79 Å². The Bertz CT molecular complexity index is 412. The van der Waals surface area contributed by atoms with Crippen molar-refractivity contribution in [3.63, 3.8) is 0 Å². The molecule has 0 aliphatic rings. The van der Waals surface area contributed by atoms with Crippen molar-refractivity contribution in [3.05, 3.63) is 18.2 Å². The Morgan fingerprint density at radius 3 is 2.11 bits per heavy atom. The number of halogens is 1. The van der Waals surface area contributed by atoms with Crippen LogP contribution in [0.4, 0.5) is 5.69 Å². The standard InChI is InChI=1S/C13H22N4O.ClH/c1-8(2)10(14)11(18)17-9-6-15-12(16-7-9)13(3,4)5;/h6-8,10H,14H2,1-5H3,(H,17,18);1H/t10-;/m0./s1. The highest BCUT2D eigenvalue weighted by Crippen LogP contribution is 2.18. The molecule has 0 fully saturated rings. The lowest BCUT2D eigenvalue weighted by Crippen LogP contribution is -2.39. The van der Waals surface area contributed by atoms with Crippen LogP contribution in [-0.4, -0.2) is 21.9 Å². The first-order valence-electron chi connectivity index (χ1n) is 6.11. The molecule has 0 saturated carbocycles. The molecule has 19 heavy (non-hydrogen) atoms. The molecule has 3 N–H and O–H groups in total. The molecule has 1 aromatic heterocycles. The smallest absolute Gasteiger partial charge is 0.241 e. The molecule has 5 nitrogen and oxygen atoms in total. The van der Waals surface area contributed by atoms with Crippen LogP contribution in [0.25, 0.3) is 0 Å². The van der Waals surface area contributed by atoms with Gasteiger partial charge in [0.1, 0.15) is 5.82 Å². The molecule has 1 atom stereocenters. The molecule has 6 heteroatoms. The van der Waals surface area contributed by atoms with Crippen molar-refractivity contribution in [1.29, 1.82) is 0 Å². The van der Waals surface area contributed by atoms with E-state index in [2.05, 4.69) is 15.3 Å². The molecular weight excluding hydrogens is 264 g/mol. The highest BCUT2D eigenvalue weighted by atomic mass is 35.5. The monoisotopic (exact) mass is 286 g/mol. The number of carbonyl (C=O) groups is 1. The maximum absolute atomic E-state index is 11.7. The Morgan fingerprint density at radius 1 is 1.26 bits per heavy atom. The minimum Gasteiger partial charge on any atom is -0.322 e. The van der Waals surface area contributed by atoms with Gasteiger partial charge in [-0.3, -0.25) is 4.79 Å². The molecule has 1 rings (SSSR count). The van der Waals surface area contributed by atoms with Gasteiger partial charge in [-0.15, -0.1) is 12.4 Å². The summed E-state index contributed by atoms with van der Waals surface area (Å²) in [5.41, 5.74) is 6.23. The maximum atomic E-state index is 11.7. The topological polar surface area (TPSA) is 80.9 Å². The molecule has 1 heterocycles. The third-order valence-electron chi connectivity index (χ3n) is 2.61. The van der Waals surface area contributed by atoms with Crippen LogP contribution in [0.2, 0.25) is 0 Å².